The number of rotatable bonds is 0. The molecule has 0 saturated heterocycles. The lowest BCUT2D eigenvalue weighted by Gasteiger charge is -2.19. The Balaban J connectivity index is 2.40. The highest BCUT2D eigenvalue weighted by Gasteiger charge is 2.25. The van der Waals surface area contributed by atoms with Gasteiger partial charge in [-0.2, -0.15) is 0 Å². The molecule has 0 aliphatic carbocycles. The van der Waals surface area contributed by atoms with Gasteiger partial charge >= 0.3 is 0 Å². The van der Waals surface area contributed by atoms with Crippen LogP contribution < -0.4 is 10.1 Å². The molecule has 1 aliphatic rings. The summed E-state index contributed by atoms with van der Waals surface area (Å²) >= 11 is 5.53. The summed E-state index contributed by atoms with van der Waals surface area (Å²) in [6, 6.07) is 3.40. The van der Waals surface area contributed by atoms with Crippen LogP contribution in [0, 0.1) is 0 Å². The topological polar surface area (TPSA) is 51.2 Å². The third-order valence-corrected chi connectivity index (χ3v) is 1.74. The minimum absolute atomic E-state index is 0.386. The van der Waals surface area contributed by atoms with Crippen molar-refractivity contribution in [1.82, 2.24) is 4.98 Å². The van der Waals surface area contributed by atoms with Crippen LogP contribution in [0.2, 0.25) is 0 Å². The van der Waals surface area contributed by atoms with Crippen molar-refractivity contribution >= 4 is 23.3 Å². The number of ether oxygens (including phenoxy) is 1. The number of hydrogen-bond donors (Lipinski definition) is 1. The Bertz CT molecular complexity index is 329. The van der Waals surface area contributed by atoms with Crippen LogP contribution in [0.3, 0.4) is 0 Å². The smallest absolute Gasteiger partial charge is 0.282 e. The predicted molar refractivity (Wildman–Crippen MR) is 43.1 cm³/mol. The summed E-state index contributed by atoms with van der Waals surface area (Å²) in [7, 11) is 0. The first-order valence-electron chi connectivity index (χ1n) is 3.34. The quantitative estimate of drug-likeness (QED) is 0.612. The van der Waals surface area contributed by atoms with E-state index in [1.54, 1.807) is 18.3 Å². The molecule has 0 radical (unpaired) electrons. The van der Waals surface area contributed by atoms with E-state index in [-0.39, 0.29) is 5.91 Å². The minimum Gasteiger partial charge on any atom is -0.461 e. The lowest BCUT2D eigenvalue weighted by molar-refractivity contribution is -0.120. The van der Waals surface area contributed by atoms with Gasteiger partial charge in [0.25, 0.3) is 11.5 Å². The molecule has 0 bridgehead atoms. The maximum absolute atomic E-state index is 10.9. The number of hydrogen-bond acceptors (Lipinski definition) is 3. The third-order valence-electron chi connectivity index (χ3n) is 1.45. The lowest BCUT2D eigenvalue weighted by Crippen LogP contribution is -2.32. The van der Waals surface area contributed by atoms with E-state index in [4.69, 9.17) is 16.3 Å². The summed E-state index contributed by atoms with van der Waals surface area (Å²) in [5.41, 5.74) is -0.957. The van der Waals surface area contributed by atoms with Gasteiger partial charge < -0.3 is 10.1 Å². The van der Waals surface area contributed by atoms with E-state index in [1.807, 2.05) is 0 Å². The van der Waals surface area contributed by atoms with Gasteiger partial charge in [0.1, 0.15) is 0 Å². The van der Waals surface area contributed by atoms with Gasteiger partial charge in [-0.15, -0.1) is 0 Å². The summed E-state index contributed by atoms with van der Waals surface area (Å²) in [5.74, 6) is 0.527. The lowest BCUT2D eigenvalue weighted by atomic mass is 10.4. The zero-order chi connectivity index (χ0) is 8.55. The van der Waals surface area contributed by atoms with Gasteiger partial charge in [0.05, 0.1) is 0 Å². The molecular weight excluding hydrogens is 180 g/mol. The zero-order valence-electron chi connectivity index (χ0n) is 5.95. The van der Waals surface area contributed by atoms with Crippen LogP contribution in [0.15, 0.2) is 18.3 Å². The van der Waals surface area contributed by atoms with Gasteiger partial charge in [-0.1, -0.05) is 11.6 Å². The number of alkyl halides is 1. The van der Waals surface area contributed by atoms with Crippen LogP contribution in [0.5, 0.6) is 5.75 Å². The molecule has 2 heterocycles. The molecule has 1 N–H and O–H groups in total. The number of nitrogens with one attached hydrogen (secondary N) is 1. The second-order valence-electron chi connectivity index (χ2n) is 2.27. The van der Waals surface area contributed by atoms with E-state index in [1.165, 1.54) is 0 Å². The number of amides is 1. The molecule has 0 saturated carbocycles. The van der Waals surface area contributed by atoms with Crippen LogP contribution >= 0.6 is 11.6 Å². The monoisotopic (exact) mass is 184 g/mol. The average molecular weight is 185 g/mol. The number of halogens is 1. The fraction of sp³-hybridized carbons (Fsp3) is 0.143. The number of nitrogens with zero attached hydrogens (tertiary/aromatic N) is 1. The molecule has 0 spiro atoms. The molecule has 12 heavy (non-hydrogen) atoms. The van der Waals surface area contributed by atoms with Crippen LogP contribution in [-0.2, 0) is 4.79 Å². The second-order valence-corrected chi connectivity index (χ2v) is 2.67. The fourth-order valence-electron chi connectivity index (χ4n) is 0.918. The Morgan fingerprint density at radius 3 is 3.33 bits per heavy atom. The van der Waals surface area contributed by atoms with Gasteiger partial charge in [-0.05, 0) is 12.1 Å². The summed E-state index contributed by atoms with van der Waals surface area (Å²) in [6.07, 6.45) is 1.57. The number of pyridine rings is 1. The second kappa shape index (κ2) is 2.64. The van der Waals surface area contributed by atoms with E-state index in [9.17, 15) is 4.79 Å². The zero-order valence-corrected chi connectivity index (χ0v) is 6.71. The van der Waals surface area contributed by atoms with Gasteiger partial charge in [-0.25, -0.2) is 4.98 Å². The maximum atomic E-state index is 10.9. The van der Waals surface area contributed by atoms with Gasteiger partial charge in [0, 0.05) is 6.20 Å². The fourth-order valence-corrected chi connectivity index (χ4v) is 1.07. The molecular formula is C7H5ClN2O2. The van der Waals surface area contributed by atoms with Crippen LogP contribution in [0.1, 0.15) is 0 Å². The highest BCUT2D eigenvalue weighted by atomic mass is 35.5. The highest BCUT2D eigenvalue weighted by molar-refractivity contribution is 6.32. The molecule has 1 aromatic rings. The molecule has 0 aromatic carbocycles. The van der Waals surface area contributed by atoms with Crippen molar-refractivity contribution in [3.8, 4) is 5.75 Å². The van der Waals surface area contributed by atoms with Crippen LogP contribution in [0.4, 0.5) is 5.82 Å². The Hall–Kier alpha value is -1.29. The highest BCUT2D eigenvalue weighted by Crippen LogP contribution is 2.27. The molecule has 1 aromatic heterocycles. The molecule has 0 fully saturated rings. The first-order chi connectivity index (χ1) is 5.77. The van der Waals surface area contributed by atoms with E-state index in [0.717, 1.165) is 0 Å². The van der Waals surface area contributed by atoms with Crippen LogP contribution in [0.25, 0.3) is 0 Å². The minimum atomic E-state index is -0.957. The molecule has 1 aliphatic heterocycles. The number of anilines is 1. The Morgan fingerprint density at radius 1 is 1.67 bits per heavy atom. The number of aromatic nitrogens is 1. The largest absolute Gasteiger partial charge is 0.461 e. The molecule has 4 nitrogen and oxygen atoms in total. The summed E-state index contributed by atoms with van der Waals surface area (Å²) < 4.78 is 5.03. The van der Waals surface area contributed by atoms with Crippen LogP contribution in [-0.4, -0.2) is 16.5 Å². The molecule has 62 valence electrons. The SMILES string of the molecule is O=C1Nc2ncccc2OC1Cl. The average Bonchev–Trinajstić information content (AvgIpc) is 2.07. The van der Waals surface area contributed by atoms with E-state index in [0.29, 0.717) is 11.6 Å². The Labute approximate surface area is 73.5 Å². The van der Waals surface area contributed by atoms with Crippen molar-refractivity contribution in [1.29, 1.82) is 0 Å². The maximum Gasteiger partial charge on any atom is 0.282 e. The first kappa shape index (κ1) is 7.36. The Morgan fingerprint density at radius 2 is 2.50 bits per heavy atom. The molecule has 2 rings (SSSR count). The predicted octanol–water partition coefficient (Wildman–Crippen LogP) is 0.977. The Kier molecular flexibility index (Phi) is 1.62. The van der Waals surface area contributed by atoms with Gasteiger partial charge in [0.15, 0.2) is 11.6 Å². The van der Waals surface area contributed by atoms with Crippen molar-refractivity contribution in [2.24, 2.45) is 0 Å². The van der Waals surface area contributed by atoms with Crippen molar-refractivity contribution in [3.63, 3.8) is 0 Å². The summed E-state index contributed by atoms with van der Waals surface area (Å²) in [4.78, 5) is 14.8. The van der Waals surface area contributed by atoms with Crippen molar-refractivity contribution < 1.29 is 9.53 Å². The van der Waals surface area contributed by atoms with Gasteiger partial charge in [-0.3, -0.25) is 4.79 Å². The van der Waals surface area contributed by atoms with Gasteiger partial charge in [0.2, 0.25) is 0 Å². The summed E-state index contributed by atoms with van der Waals surface area (Å²) in [5, 5.41) is 2.50. The molecule has 1 atom stereocenters. The van der Waals surface area contributed by atoms with Crippen molar-refractivity contribution in [2.75, 3.05) is 5.32 Å². The van der Waals surface area contributed by atoms with Crippen molar-refractivity contribution in [3.05, 3.63) is 18.3 Å². The van der Waals surface area contributed by atoms with E-state index in [2.05, 4.69) is 10.3 Å². The normalized spacial score (nSPS) is 20.8. The summed E-state index contributed by atoms with van der Waals surface area (Å²) in [6.45, 7) is 0. The first-order valence-corrected chi connectivity index (χ1v) is 3.77. The molecule has 5 heteroatoms. The number of carbonyl (C=O) groups excluding carboxylic acids is 1. The van der Waals surface area contributed by atoms with E-state index < -0.39 is 5.56 Å². The molecule has 1 unspecified atom stereocenters. The molecule has 1 amide bonds. The van der Waals surface area contributed by atoms with Crippen molar-refractivity contribution in [2.45, 2.75) is 5.56 Å². The number of fused-ring (bicyclic) bond motifs is 1. The third kappa shape index (κ3) is 1.10. The van der Waals surface area contributed by atoms with E-state index >= 15 is 0 Å². The standard InChI is InChI=1S/C7H5ClN2O2/c8-5-7(11)10-6-4(12-5)2-1-3-9-6/h1-3,5H,(H,9,10,11). The number of carbonyl (C=O) groups is 1.